The maximum Gasteiger partial charge on any atom is 0.267 e. The lowest BCUT2D eigenvalue weighted by Crippen LogP contribution is -2.44. The Morgan fingerprint density at radius 3 is 2.79 bits per heavy atom. The van der Waals surface area contributed by atoms with Gasteiger partial charge in [0.2, 0.25) is 5.60 Å². The Labute approximate surface area is 140 Å². The number of ether oxygens (including phenoxy) is 1. The van der Waals surface area contributed by atoms with Crippen molar-refractivity contribution in [2.75, 3.05) is 7.11 Å². The molecule has 1 atom stereocenters. The zero-order valence-corrected chi connectivity index (χ0v) is 13.7. The van der Waals surface area contributed by atoms with Crippen molar-refractivity contribution in [3.63, 3.8) is 0 Å². The highest BCUT2D eigenvalue weighted by Crippen LogP contribution is 2.27. The third-order valence-electron chi connectivity index (χ3n) is 3.94. The second kappa shape index (κ2) is 6.70. The van der Waals surface area contributed by atoms with Crippen LogP contribution in [0.3, 0.4) is 0 Å². The zero-order valence-electron chi connectivity index (χ0n) is 13.7. The molecule has 1 aromatic heterocycles. The van der Waals surface area contributed by atoms with Crippen molar-refractivity contribution >= 4 is 11.6 Å². The Morgan fingerprint density at radius 1 is 1.33 bits per heavy atom. The van der Waals surface area contributed by atoms with Crippen LogP contribution >= 0.6 is 0 Å². The molecule has 0 aliphatic carbocycles. The molecule has 2 heterocycles. The number of pyridine rings is 1. The molecule has 0 radical (unpaired) electrons. The van der Waals surface area contributed by atoms with E-state index in [1.165, 1.54) is 0 Å². The fourth-order valence-electron chi connectivity index (χ4n) is 2.47. The Morgan fingerprint density at radius 2 is 2.12 bits per heavy atom. The summed E-state index contributed by atoms with van der Waals surface area (Å²) < 4.78 is 5.14. The minimum Gasteiger partial charge on any atom is -0.497 e. The standard InChI is InChI=1S/C18H19N3O3/c1-18(17(22)20-12-13-4-3-9-19-11-13)10-16(21-24-18)14-5-7-15(23-2)8-6-14/h3-9,11H,10,12H2,1-2H3,(H,20,22)/t18-/m1/s1. The molecule has 124 valence electrons. The van der Waals surface area contributed by atoms with Gasteiger partial charge in [0, 0.05) is 25.4 Å². The van der Waals surface area contributed by atoms with Crippen LogP contribution in [0.25, 0.3) is 0 Å². The number of benzene rings is 1. The highest BCUT2D eigenvalue weighted by atomic mass is 16.7. The minimum absolute atomic E-state index is 0.196. The van der Waals surface area contributed by atoms with Crippen molar-refractivity contribution in [3.05, 3.63) is 59.9 Å². The van der Waals surface area contributed by atoms with Gasteiger partial charge in [-0.15, -0.1) is 0 Å². The molecular formula is C18H19N3O3. The van der Waals surface area contributed by atoms with Gasteiger partial charge in [0.25, 0.3) is 5.91 Å². The zero-order chi connectivity index (χ0) is 17.0. The minimum atomic E-state index is -1.00. The summed E-state index contributed by atoms with van der Waals surface area (Å²) >= 11 is 0. The predicted molar refractivity (Wildman–Crippen MR) is 89.7 cm³/mol. The van der Waals surface area contributed by atoms with E-state index < -0.39 is 5.60 Å². The van der Waals surface area contributed by atoms with E-state index in [2.05, 4.69) is 15.5 Å². The quantitative estimate of drug-likeness (QED) is 0.915. The summed E-state index contributed by atoms with van der Waals surface area (Å²) in [5, 5.41) is 6.97. The van der Waals surface area contributed by atoms with Crippen molar-refractivity contribution in [1.29, 1.82) is 0 Å². The summed E-state index contributed by atoms with van der Waals surface area (Å²) in [4.78, 5) is 21.9. The first-order chi connectivity index (χ1) is 11.6. The third-order valence-corrected chi connectivity index (χ3v) is 3.94. The molecule has 1 aromatic carbocycles. The number of methoxy groups -OCH3 is 1. The average Bonchev–Trinajstić information content (AvgIpc) is 3.04. The lowest BCUT2D eigenvalue weighted by atomic mass is 9.95. The largest absolute Gasteiger partial charge is 0.497 e. The highest BCUT2D eigenvalue weighted by Gasteiger charge is 2.42. The summed E-state index contributed by atoms with van der Waals surface area (Å²) in [5.41, 5.74) is 1.59. The highest BCUT2D eigenvalue weighted by molar-refractivity contribution is 6.05. The Hall–Kier alpha value is -2.89. The summed E-state index contributed by atoms with van der Waals surface area (Å²) in [7, 11) is 1.62. The van der Waals surface area contributed by atoms with Crippen LogP contribution in [-0.4, -0.2) is 29.3 Å². The number of nitrogens with zero attached hydrogens (tertiary/aromatic N) is 2. The first-order valence-electron chi connectivity index (χ1n) is 7.67. The van der Waals surface area contributed by atoms with Gasteiger partial charge in [-0.1, -0.05) is 11.2 Å². The first-order valence-corrected chi connectivity index (χ1v) is 7.67. The molecule has 1 amide bonds. The molecule has 0 bridgehead atoms. The number of nitrogens with one attached hydrogen (secondary N) is 1. The van der Waals surface area contributed by atoms with Gasteiger partial charge in [-0.05, 0) is 48.4 Å². The summed E-state index contributed by atoms with van der Waals surface area (Å²) in [6.07, 6.45) is 3.83. The van der Waals surface area contributed by atoms with Gasteiger partial charge in [0.05, 0.1) is 12.8 Å². The number of carbonyl (C=O) groups is 1. The first kappa shape index (κ1) is 16.0. The molecule has 6 nitrogen and oxygen atoms in total. The van der Waals surface area contributed by atoms with Crippen molar-refractivity contribution < 1.29 is 14.4 Å². The molecule has 3 rings (SSSR count). The molecule has 6 heteroatoms. The van der Waals surface area contributed by atoms with Crippen LogP contribution in [0.5, 0.6) is 5.75 Å². The maximum absolute atomic E-state index is 12.5. The molecule has 24 heavy (non-hydrogen) atoms. The van der Waals surface area contributed by atoms with Crippen LogP contribution in [-0.2, 0) is 16.2 Å². The third kappa shape index (κ3) is 3.37. The Balaban J connectivity index is 1.62. The molecule has 0 spiro atoms. The van der Waals surface area contributed by atoms with Gasteiger partial charge in [0.1, 0.15) is 5.75 Å². The monoisotopic (exact) mass is 325 g/mol. The fraction of sp³-hybridized carbons (Fsp3) is 0.278. The van der Waals surface area contributed by atoms with Gasteiger partial charge in [0.15, 0.2) is 0 Å². The van der Waals surface area contributed by atoms with E-state index in [1.54, 1.807) is 26.4 Å². The van der Waals surface area contributed by atoms with Crippen LogP contribution in [0.15, 0.2) is 53.9 Å². The molecule has 1 N–H and O–H groups in total. The van der Waals surface area contributed by atoms with E-state index in [0.29, 0.717) is 13.0 Å². The number of carbonyl (C=O) groups excluding carboxylic acids is 1. The lowest BCUT2D eigenvalue weighted by molar-refractivity contribution is -0.141. The van der Waals surface area contributed by atoms with Crippen molar-refractivity contribution in [2.24, 2.45) is 5.16 Å². The van der Waals surface area contributed by atoms with Gasteiger partial charge in [-0.2, -0.15) is 0 Å². The van der Waals surface area contributed by atoms with Crippen molar-refractivity contribution in [2.45, 2.75) is 25.5 Å². The number of amides is 1. The van der Waals surface area contributed by atoms with E-state index in [1.807, 2.05) is 36.4 Å². The fourth-order valence-corrected chi connectivity index (χ4v) is 2.47. The van der Waals surface area contributed by atoms with E-state index in [0.717, 1.165) is 22.6 Å². The second-order valence-electron chi connectivity index (χ2n) is 5.81. The van der Waals surface area contributed by atoms with Crippen LogP contribution in [0.1, 0.15) is 24.5 Å². The molecule has 0 fully saturated rings. The molecule has 0 saturated carbocycles. The summed E-state index contributed by atoms with van der Waals surface area (Å²) in [6, 6.07) is 11.3. The smallest absolute Gasteiger partial charge is 0.267 e. The summed E-state index contributed by atoms with van der Waals surface area (Å²) in [6.45, 7) is 2.15. The van der Waals surface area contributed by atoms with Crippen LogP contribution < -0.4 is 10.1 Å². The molecule has 1 aliphatic heterocycles. The van der Waals surface area contributed by atoms with Crippen molar-refractivity contribution in [3.8, 4) is 5.75 Å². The van der Waals surface area contributed by atoms with E-state index >= 15 is 0 Å². The Kier molecular flexibility index (Phi) is 4.46. The van der Waals surface area contributed by atoms with Crippen LogP contribution in [0, 0.1) is 0 Å². The van der Waals surface area contributed by atoms with E-state index in [9.17, 15) is 4.79 Å². The molecule has 1 aliphatic rings. The van der Waals surface area contributed by atoms with Gasteiger partial charge in [-0.25, -0.2) is 0 Å². The molecule has 0 unspecified atom stereocenters. The average molecular weight is 325 g/mol. The van der Waals surface area contributed by atoms with Gasteiger partial charge in [-0.3, -0.25) is 9.78 Å². The second-order valence-corrected chi connectivity index (χ2v) is 5.81. The SMILES string of the molecule is COc1ccc(C2=NO[C@@](C)(C(=O)NCc3cccnc3)C2)cc1. The van der Waals surface area contributed by atoms with Crippen molar-refractivity contribution in [1.82, 2.24) is 10.3 Å². The normalized spacial score (nSPS) is 19.3. The topological polar surface area (TPSA) is 72.8 Å². The Bertz CT molecular complexity index is 744. The van der Waals surface area contributed by atoms with Crippen LogP contribution in [0.4, 0.5) is 0 Å². The number of aromatic nitrogens is 1. The van der Waals surface area contributed by atoms with Gasteiger partial charge >= 0.3 is 0 Å². The number of oxime groups is 1. The van der Waals surface area contributed by atoms with Gasteiger partial charge < -0.3 is 14.9 Å². The number of hydrogen-bond acceptors (Lipinski definition) is 5. The molecule has 0 saturated heterocycles. The lowest BCUT2D eigenvalue weighted by Gasteiger charge is -2.20. The molecular weight excluding hydrogens is 306 g/mol. The number of hydrogen-bond donors (Lipinski definition) is 1. The molecule has 2 aromatic rings. The van der Waals surface area contributed by atoms with Crippen LogP contribution in [0.2, 0.25) is 0 Å². The van der Waals surface area contributed by atoms with E-state index in [4.69, 9.17) is 9.57 Å². The number of rotatable bonds is 5. The summed E-state index contributed by atoms with van der Waals surface area (Å²) in [5.74, 6) is 0.578. The predicted octanol–water partition coefficient (Wildman–Crippen LogP) is 2.29. The maximum atomic E-state index is 12.5. The van der Waals surface area contributed by atoms with E-state index in [-0.39, 0.29) is 5.91 Å².